The number of nitrogens with zero attached hydrogens (tertiary/aromatic N) is 4. The number of aromatic nitrogens is 3. The maximum atomic E-state index is 12.9. The van der Waals surface area contributed by atoms with Gasteiger partial charge in [-0.05, 0) is 32.4 Å². The molecule has 2 N–H and O–H groups in total. The predicted molar refractivity (Wildman–Crippen MR) is 111 cm³/mol. The molecular weight excluding hydrogens is 384 g/mol. The molecule has 0 radical (unpaired) electrons. The van der Waals surface area contributed by atoms with Gasteiger partial charge >= 0.3 is 6.03 Å². The summed E-state index contributed by atoms with van der Waals surface area (Å²) >= 11 is 0. The van der Waals surface area contributed by atoms with Crippen molar-refractivity contribution >= 4 is 34.6 Å². The van der Waals surface area contributed by atoms with E-state index in [-0.39, 0.29) is 6.04 Å². The summed E-state index contributed by atoms with van der Waals surface area (Å²) in [5.41, 5.74) is 0.636. The van der Waals surface area contributed by atoms with Crippen molar-refractivity contribution in [1.82, 2.24) is 25.0 Å². The molecule has 1 atom stereocenters. The summed E-state index contributed by atoms with van der Waals surface area (Å²) in [4.78, 5) is 43.1. The quantitative estimate of drug-likeness (QED) is 0.633. The molecule has 0 saturated carbocycles. The van der Waals surface area contributed by atoms with E-state index in [1.165, 1.54) is 6.20 Å². The number of benzene rings is 1. The topological polar surface area (TPSA) is 109 Å². The second kappa shape index (κ2) is 7.25. The van der Waals surface area contributed by atoms with Gasteiger partial charge in [-0.15, -0.1) is 0 Å². The number of pyridine rings is 1. The molecule has 30 heavy (non-hydrogen) atoms. The number of hydrogen-bond donors (Lipinski definition) is 2. The highest BCUT2D eigenvalue weighted by atomic mass is 16.2. The van der Waals surface area contributed by atoms with Crippen molar-refractivity contribution in [2.75, 3.05) is 11.9 Å². The Morgan fingerprint density at radius 3 is 2.63 bits per heavy atom. The summed E-state index contributed by atoms with van der Waals surface area (Å²) in [6, 6.07) is 10.3. The molecule has 0 unspecified atom stereocenters. The van der Waals surface area contributed by atoms with Gasteiger partial charge < -0.3 is 10.6 Å². The average molecular weight is 406 g/mol. The predicted octanol–water partition coefficient (Wildman–Crippen LogP) is 2.42. The van der Waals surface area contributed by atoms with Crippen LogP contribution < -0.4 is 10.6 Å². The Morgan fingerprint density at radius 2 is 1.93 bits per heavy atom. The van der Waals surface area contributed by atoms with Crippen molar-refractivity contribution in [3.05, 3.63) is 54.4 Å². The van der Waals surface area contributed by atoms with E-state index in [9.17, 15) is 14.4 Å². The standard InChI is InChI=1S/C21H22N6O3/c1-13(2)27-18-14(10-23-27)9-16(11-22-18)24-17(28)12-26-19(29)21(3,25-20(26)30)15-7-5-4-6-8-15/h4-11,13H,12H2,1-3H3,(H,24,28)(H,25,30)/t21-/m1/s1. The number of rotatable bonds is 5. The zero-order valence-corrected chi connectivity index (χ0v) is 16.9. The largest absolute Gasteiger partial charge is 0.325 e. The van der Waals surface area contributed by atoms with Crippen LogP contribution in [-0.2, 0) is 15.1 Å². The highest BCUT2D eigenvalue weighted by Crippen LogP contribution is 2.28. The fraction of sp³-hybridized carbons (Fsp3) is 0.286. The maximum absolute atomic E-state index is 12.9. The lowest BCUT2D eigenvalue weighted by atomic mass is 9.92. The zero-order valence-electron chi connectivity index (χ0n) is 16.9. The third kappa shape index (κ3) is 3.28. The third-order valence-corrected chi connectivity index (χ3v) is 5.13. The molecule has 9 heteroatoms. The van der Waals surface area contributed by atoms with Crippen molar-refractivity contribution in [3.8, 4) is 0 Å². The van der Waals surface area contributed by atoms with E-state index in [0.29, 0.717) is 11.3 Å². The van der Waals surface area contributed by atoms with Crippen LogP contribution in [-0.4, -0.2) is 44.1 Å². The first-order valence-electron chi connectivity index (χ1n) is 9.62. The summed E-state index contributed by atoms with van der Waals surface area (Å²) in [5.74, 6) is -0.964. The van der Waals surface area contributed by atoms with Crippen LogP contribution in [0.4, 0.5) is 10.5 Å². The summed E-state index contributed by atoms with van der Waals surface area (Å²) in [5, 5.41) is 10.5. The minimum Gasteiger partial charge on any atom is -0.323 e. The van der Waals surface area contributed by atoms with Gasteiger partial charge in [0, 0.05) is 11.4 Å². The van der Waals surface area contributed by atoms with Crippen molar-refractivity contribution < 1.29 is 14.4 Å². The van der Waals surface area contributed by atoms with Gasteiger partial charge in [0.15, 0.2) is 5.65 Å². The molecule has 4 rings (SSSR count). The van der Waals surface area contributed by atoms with Crippen LogP contribution in [0.2, 0.25) is 0 Å². The van der Waals surface area contributed by atoms with Crippen molar-refractivity contribution in [2.45, 2.75) is 32.4 Å². The van der Waals surface area contributed by atoms with E-state index in [1.54, 1.807) is 48.1 Å². The number of carbonyl (C=O) groups is 3. The number of anilines is 1. The van der Waals surface area contributed by atoms with Crippen LogP contribution in [0.25, 0.3) is 11.0 Å². The smallest absolute Gasteiger partial charge is 0.323 e. The Labute approximate surface area is 173 Å². The first-order chi connectivity index (χ1) is 14.3. The maximum Gasteiger partial charge on any atom is 0.325 e. The molecular formula is C21H22N6O3. The summed E-state index contributed by atoms with van der Waals surface area (Å²) < 4.78 is 1.79. The van der Waals surface area contributed by atoms with Gasteiger partial charge in [0.05, 0.1) is 18.1 Å². The number of nitrogens with one attached hydrogen (secondary N) is 2. The molecule has 1 aromatic carbocycles. The summed E-state index contributed by atoms with van der Waals surface area (Å²) in [6.45, 7) is 5.25. The number of hydrogen-bond acceptors (Lipinski definition) is 5. The average Bonchev–Trinajstić information content (AvgIpc) is 3.23. The number of urea groups is 1. The third-order valence-electron chi connectivity index (χ3n) is 5.13. The molecule has 1 saturated heterocycles. The van der Waals surface area contributed by atoms with Gasteiger partial charge in [0.1, 0.15) is 12.1 Å². The summed E-state index contributed by atoms with van der Waals surface area (Å²) in [7, 11) is 0. The minimum atomic E-state index is -1.20. The van der Waals surface area contributed by atoms with Gasteiger partial charge in [-0.25, -0.2) is 14.5 Å². The van der Waals surface area contributed by atoms with E-state index >= 15 is 0 Å². The molecule has 1 aliphatic rings. The molecule has 154 valence electrons. The molecule has 4 amide bonds. The first kappa shape index (κ1) is 19.6. The van der Waals surface area contributed by atoms with Gasteiger partial charge in [0.25, 0.3) is 5.91 Å². The molecule has 3 aromatic rings. The Hall–Kier alpha value is -3.75. The first-order valence-corrected chi connectivity index (χ1v) is 9.62. The minimum absolute atomic E-state index is 0.161. The lowest BCUT2D eigenvalue weighted by Gasteiger charge is -2.22. The number of amides is 4. The van der Waals surface area contributed by atoms with Crippen LogP contribution in [0, 0.1) is 0 Å². The number of imide groups is 1. The van der Waals surface area contributed by atoms with Crippen LogP contribution >= 0.6 is 0 Å². The highest BCUT2D eigenvalue weighted by Gasteiger charge is 2.49. The van der Waals surface area contributed by atoms with E-state index in [2.05, 4.69) is 20.7 Å². The molecule has 0 spiro atoms. The summed E-state index contributed by atoms with van der Waals surface area (Å²) in [6.07, 6.45) is 3.21. The Morgan fingerprint density at radius 1 is 1.20 bits per heavy atom. The van der Waals surface area contributed by atoms with Crippen LogP contribution in [0.5, 0.6) is 0 Å². The van der Waals surface area contributed by atoms with E-state index in [0.717, 1.165) is 15.9 Å². The fourth-order valence-electron chi connectivity index (χ4n) is 3.54. The van der Waals surface area contributed by atoms with Gasteiger partial charge in [0.2, 0.25) is 5.91 Å². The molecule has 0 bridgehead atoms. The van der Waals surface area contributed by atoms with E-state index in [4.69, 9.17) is 0 Å². The van der Waals surface area contributed by atoms with Gasteiger partial charge in [-0.1, -0.05) is 30.3 Å². The molecule has 1 fully saturated rings. The monoisotopic (exact) mass is 406 g/mol. The van der Waals surface area contributed by atoms with E-state index in [1.807, 2.05) is 19.9 Å². The van der Waals surface area contributed by atoms with Gasteiger partial charge in [-0.3, -0.25) is 14.5 Å². The second-order valence-corrected chi connectivity index (χ2v) is 7.68. The fourth-order valence-corrected chi connectivity index (χ4v) is 3.54. The zero-order chi connectivity index (χ0) is 21.5. The van der Waals surface area contributed by atoms with Crippen molar-refractivity contribution in [3.63, 3.8) is 0 Å². The van der Waals surface area contributed by atoms with Crippen LogP contribution in [0.1, 0.15) is 32.4 Å². The van der Waals surface area contributed by atoms with Gasteiger partial charge in [-0.2, -0.15) is 5.10 Å². The molecule has 2 aromatic heterocycles. The highest BCUT2D eigenvalue weighted by molar-refractivity contribution is 6.10. The molecule has 9 nitrogen and oxygen atoms in total. The van der Waals surface area contributed by atoms with Crippen LogP contribution in [0.3, 0.4) is 0 Å². The van der Waals surface area contributed by atoms with E-state index < -0.39 is 29.9 Å². The normalized spacial score (nSPS) is 18.9. The van der Waals surface area contributed by atoms with Crippen molar-refractivity contribution in [1.29, 1.82) is 0 Å². The van der Waals surface area contributed by atoms with Crippen LogP contribution in [0.15, 0.2) is 48.8 Å². The number of carbonyl (C=O) groups excluding carboxylic acids is 3. The lowest BCUT2D eigenvalue weighted by Crippen LogP contribution is -2.42. The molecule has 1 aliphatic heterocycles. The van der Waals surface area contributed by atoms with Crippen molar-refractivity contribution in [2.24, 2.45) is 0 Å². The Bertz CT molecular complexity index is 1140. The Kier molecular flexibility index (Phi) is 4.73. The molecule has 3 heterocycles. The Balaban J connectivity index is 1.48. The molecule has 0 aliphatic carbocycles. The SMILES string of the molecule is CC(C)n1ncc2cc(NC(=O)CN3C(=O)N[C@](C)(c4ccccc4)C3=O)cnc21. The lowest BCUT2D eigenvalue weighted by molar-refractivity contribution is -0.133. The second-order valence-electron chi connectivity index (χ2n) is 7.68. The number of fused-ring (bicyclic) bond motifs is 1.